The smallest absolute Gasteiger partial charge is 0.324 e. The second-order valence-corrected chi connectivity index (χ2v) is 2.87. The number of amides is 1. The van der Waals surface area contributed by atoms with Crippen LogP contribution in [0.4, 0.5) is 0 Å². The Balaban J connectivity index is 2.44. The molecular weight excluding hydrogens is 176 g/mol. The van der Waals surface area contributed by atoms with Crippen LogP contribution < -0.4 is 11.1 Å². The van der Waals surface area contributed by atoms with Gasteiger partial charge in [-0.15, -0.1) is 0 Å². The van der Waals surface area contributed by atoms with Crippen LogP contribution in [0.5, 0.6) is 0 Å². The van der Waals surface area contributed by atoms with Crippen LogP contribution in [0.15, 0.2) is 0 Å². The summed E-state index contributed by atoms with van der Waals surface area (Å²) in [5, 5.41) is 11.4. The molecule has 6 heteroatoms. The van der Waals surface area contributed by atoms with Crippen molar-refractivity contribution in [3.05, 3.63) is 0 Å². The third-order valence-electron chi connectivity index (χ3n) is 1.77. The molecule has 1 amide bonds. The lowest BCUT2D eigenvalue weighted by Crippen LogP contribution is -2.52. The summed E-state index contributed by atoms with van der Waals surface area (Å²) >= 11 is 0. The van der Waals surface area contributed by atoms with Crippen LogP contribution >= 0.6 is 0 Å². The van der Waals surface area contributed by atoms with Crippen molar-refractivity contribution in [3.8, 4) is 0 Å². The largest absolute Gasteiger partial charge is 0.457 e. The van der Waals surface area contributed by atoms with Crippen molar-refractivity contribution < 1.29 is 19.4 Å². The summed E-state index contributed by atoms with van der Waals surface area (Å²) in [5.74, 6) is -1.10. The maximum Gasteiger partial charge on any atom is 0.324 e. The molecule has 0 aromatic heterocycles. The number of nitrogens with two attached hydrogens (primary N) is 1. The van der Waals surface area contributed by atoms with E-state index in [4.69, 9.17) is 15.6 Å². The lowest BCUT2D eigenvalue weighted by Gasteiger charge is -2.27. The molecule has 0 bridgehead atoms. The highest BCUT2D eigenvalue weighted by atomic mass is 16.6. The van der Waals surface area contributed by atoms with E-state index in [0.717, 1.165) is 0 Å². The summed E-state index contributed by atoms with van der Waals surface area (Å²) < 4.78 is 4.79. The second kappa shape index (κ2) is 4.20. The number of ether oxygens (including phenoxy) is 1. The molecule has 1 rings (SSSR count). The van der Waals surface area contributed by atoms with Gasteiger partial charge in [-0.1, -0.05) is 0 Å². The zero-order valence-electron chi connectivity index (χ0n) is 7.03. The van der Waals surface area contributed by atoms with Crippen LogP contribution in [0.1, 0.15) is 6.42 Å². The molecule has 74 valence electrons. The van der Waals surface area contributed by atoms with E-state index in [1.54, 1.807) is 0 Å². The van der Waals surface area contributed by atoms with Gasteiger partial charge in [0.25, 0.3) is 0 Å². The number of rotatable bonds is 3. The highest BCUT2D eigenvalue weighted by Gasteiger charge is 2.29. The fraction of sp³-hybridized carbons (Fsp3) is 0.714. The van der Waals surface area contributed by atoms with Crippen LogP contribution in [0.3, 0.4) is 0 Å². The predicted octanol–water partition coefficient (Wildman–Crippen LogP) is -2.26. The number of cyclic esters (lactones) is 1. The highest BCUT2D eigenvalue weighted by Crippen LogP contribution is 2.05. The molecule has 6 nitrogen and oxygen atoms in total. The van der Waals surface area contributed by atoms with E-state index < -0.39 is 24.0 Å². The average molecular weight is 188 g/mol. The monoisotopic (exact) mass is 188 g/mol. The third-order valence-corrected chi connectivity index (χ3v) is 1.77. The average Bonchev–Trinajstić information content (AvgIpc) is 2.08. The Labute approximate surface area is 75.0 Å². The Bertz CT molecular complexity index is 219. The number of hydrogen-bond acceptors (Lipinski definition) is 5. The topological polar surface area (TPSA) is 102 Å². The van der Waals surface area contributed by atoms with Gasteiger partial charge in [-0.2, -0.15) is 0 Å². The maximum atomic E-state index is 11.1. The molecule has 0 aliphatic carbocycles. The first-order valence-electron chi connectivity index (χ1n) is 3.96. The van der Waals surface area contributed by atoms with Gasteiger partial charge in [0.05, 0.1) is 13.0 Å². The van der Waals surface area contributed by atoms with E-state index >= 15 is 0 Å². The Morgan fingerprint density at radius 1 is 1.77 bits per heavy atom. The van der Waals surface area contributed by atoms with Crippen molar-refractivity contribution in [2.75, 3.05) is 13.2 Å². The summed E-state index contributed by atoms with van der Waals surface area (Å²) in [6.07, 6.45) is -0.589. The van der Waals surface area contributed by atoms with Gasteiger partial charge in [-0.3, -0.25) is 9.59 Å². The summed E-state index contributed by atoms with van der Waals surface area (Å²) in [4.78, 5) is 21.6. The number of carbonyl (C=O) groups excluding carboxylic acids is 2. The standard InChI is InChI=1S/C7H12N2O4/c8-6(11)1-5-7(12)13-4(3-10)2-9-5/h4-5,9-10H,1-3H2,(H2,8,11). The zero-order chi connectivity index (χ0) is 9.84. The molecule has 1 fully saturated rings. The molecular formula is C7H12N2O4. The first-order valence-corrected chi connectivity index (χ1v) is 3.96. The van der Waals surface area contributed by atoms with Gasteiger partial charge >= 0.3 is 5.97 Å². The fourth-order valence-corrected chi connectivity index (χ4v) is 1.10. The molecule has 2 atom stereocenters. The fourth-order valence-electron chi connectivity index (χ4n) is 1.10. The van der Waals surface area contributed by atoms with E-state index in [0.29, 0.717) is 6.54 Å². The maximum absolute atomic E-state index is 11.1. The van der Waals surface area contributed by atoms with Crippen LogP contribution in [-0.2, 0) is 14.3 Å². The van der Waals surface area contributed by atoms with Crippen molar-refractivity contribution in [1.29, 1.82) is 0 Å². The van der Waals surface area contributed by atoms with Gasteiger partial charge in [0, 0.05) is 6.54 Å². The molecule has 1 aliphatic rings. The molecule has 0 aromatic carbocycles. The van der Waals surface area contributed by atoms with Crippen LogP contribution in [0.2, 0.25) is 0 Å². The van der Waals surface area contributed by atoms with Crippen molar-refractivity contribution in [2.45, 2.75) is 18.6 Å². The van der Waals surface area contributed by atoms with Gasteiger partial charge in [0.1, 0.15) is 12.1 Å². The molecule has 1 aliphatic heterocycles. The normalized spacial score (nSPS) is 28.2. The lowest BCUT2D eigenvalue weighted by atomic mass is 10.1. The van der Waals surface area contributed by atoms with Gasteiger partial charge in [0.2, 0.25) is 5.91 Å². The van der Waals surface area contributed by atoms with Crippen molar-refractivity contribution >= 4 is 11.9 Å². The summed E-state index contributed by atoms with van der Waals surface area (Å²) in [7, 11) is 0. The molecule has 2 unspecified atom stereocenters. The number of esters is 1. The van der Waals surface area contributed by atoms with E-state index in [-0.39, 0.29) is 13.0 Å². The predicted molar refractivity (Wildman–Crippen MR) is 42.6 cm³/mol. The number of aliphatic hydroxyl groups is 1. The van der Waals surface area contributed by atoms with Crippen LogP contribution in [0.25, 0.3) is 0 Å². The zero-order valence-corrected chi connectivity index (χ0v) is 7.03. The summed E-state index contributed by atoms with van der Waals surface area (Å²) in [6, 6.07) is -0.666. The van der Waals surface area contributed by atoms with Crippen LogP contribution in [0, 0.1) is 0 Å². The van der Waals surface area contributed by atoms with Crippen molar-refractivity contribution in [2.24, 2.45) is 5.73 Å². The molecule has 1 heterocycles. The van der Waals surface area contributed by atoms with Gasteiger partial charge in [-0.05, 0) is 0 Å². The molecule has 4 N–H and O–H groups in total. The Kier molecular flexibility index (Phi) is 3.21. The number of carbonyl (C=O) groups is 2. The minimum absolute atomic E-state index is 0.0724. The molecule has 0 radical (unpaired) electrons. The van der Waals surface area contributed by atoms with E-state index in [9.17, 15) is 9.59 Å². The minimum atomic E-state index is -0.666. The van der Waals surface area contributed by atoms with E-state index in [2.05, 4.69) is 5.32 Å². The Morgan fingerprint density at radius 2 is 2.46 bits per heavy atom. The molecule has 0 saturated carbocycles. The first-order chi connectivity index (χ1) is 6.13. The number of primary amides is 1. The number of aliphatic hydroxyl groups excluding tert-OH is 1. The lowest BCUT2D eigenvalue weighted by molar-refractivity contribution is -0.159. The minimum Gasteiger partial charge on any atom is -0.457 e. The number of morpholine rings is 1. The number of nitrogens with one attached hydrogen (secondary N) is 1. The van der Waals surface area contributed by atoms with Crippen LogP contribution in [-0.4, -0.2) is 42.3 Å². The Hall–Kier alpha value is -1.14. The summed E-state index contributed by atoms with van der Waals surface area (Å²) in [5.41, 5.74) is 4.92. The highest BCUT2D eigenvalue weighted by molar-refractivity contribution is 5.84. The van der Waals surface area contributed by atoms with E-state index in [1.807, 2.05) is 0 Å². The molecule has 1 saturated heterocycles. The Morgan fingerprint density at radius 3 is 2.92 bits per heavy atom. The van der Waals surface area contributed by atoms with Gasteiger partial charge < -0.3 is 20.9 Å². The summed E-state index contributed by atoms with van der Waals surface area (Å²) in [6.45, 7) is 0.127. The quantitative estimate of drug-likeness (QED) is 0.434. The van der Waals surface area contributed by atoms with Gasteiger partial charge in [0.15, 0.2) is 0 Å². The molecule has 0 aromatic rings. The molecule has 13 heavy (non-hydrogen) atoms. The number of hydrogen-bond donors (Lipinski definition) is 3. The van der Waals surface area contributed by atoms with Crippen molar-refractivity contribution in [1.82, 2.24) is 5.32 Å². The molecule has 0 spiro atoms. The first kappa shape index (κ1) is 9.94. The second-order valence-electron chi connectivity index (χ2n) is 2.87. The van der Waals surface area contributed by atoms with Gasteiger partial charge in [-0.25, -0.2) is 0 Å². The van der Waals surface area contributed by atoms with E-state index in [1.165, 1.54) is 0 Å². The SMILES string of the molecule is NC(=O)CC1NCC(CO)OC1=O. The van der Waals surface area contributed by atoms with Crippen molar-refractivity contribution in [3.63, 3.8) is 0 Å². The third kappa shape index (κ3) is 2.67.